The molecule has 3 aromatic rings. The minimum atomic E-state index is -0.397. The fourth-order valence-electron chi connectivity index (χ4n) is 3.10. The third kappa shape index (κ3) is 4.16. The number of carbonyl (C=O) groups is 2. The molecule has 0 radical (unpaired) electrons. The van der Waals surface area contributed by atoms with Gasteiger partial charge in [0.05, 0.1) is 16.5 Å². The van der Waals surface area contributed by atoms with Crippen LogP contribution in [0.15, 0.2) is 64.0 Å². The molecule has 0 spiro atoms. The fraction of sp³-hybridized carbons (Fsp3) is 0.0909. The molecule has 1 aliphatic rings. The lowest BCUT2D eigenvalue weighted by molar-refractivity contribution is -0.115. The van der Waals surface area contributed by atoms with Crippen LogP contribution in [0.3, 0.4) is 0 Å². The second kappa shape index (κ2) is 8.31. The maximum Gasteiger partial charge on any atom is 0.290 e. The number of rotatable bonds is 5. The fourth-order valence-corrected chi connectivity index (χ4v) is 4.36. The van der Waals surface area contributed by atoms with E-state index in [2.05, 4.69) is 39.4 Å². The van der Waals surface area contributed by atoms with Gasteiger partial charge in [-0.25, -0.2) is 0 Å². The van der Waals surface area contributed by atoms with E-state index in [1.54, 1.807) is 19.3 Å². The summed E-state index contributed by atoms with van der Waals surface area (Å²) in [7, 11) is 1.56. The van der Waals surface area contributed by atoms with E-state index in [1.165, 1.54) is 0 Å². The monoisotopic (exact) mass is 469 g/mol. The summed E-state index contributed by atoms with van der Waals surface area (Å²) in [5.41, 5.74) is 1.79. The van der Waals surface area contributed by atoms with Crippen molar-refractivity contribution in [3.8, 4) is 11.5 Å². The van der Waals surface area contributed by atoms with Crippen molar-refractivity contribution in [2.24, 2.45) is 0 Å². The SMILES string of the molecule is COc1cc(C=C2SC(=O)NC2=O)cc(Br)c1OCc1cccc2ccccc12. The van der Waals surface area contributed by atoms with Gasteiger partial charge in [0.2, 0.25) is 0 Å². The third-order valence-electron chi connectivity index (χ3n) is 4.44. The molecule has 0 saturated carbocycles. The number of fused-ring (bicyclic) bond motifs is 1. The van der Waals surface area contributed by atoms with Gasteiger partial charge in [0.1, 0.15) is 6.61 Å². The summed E-state index contributed by atoms with van der Waals surface area (Å²) in [5, 5.41) is 4.17. The Morgan fingerprint density at radius 3 is 2.66 bits per heavy atom. The summed E-state index contributed by atoms with van der Waals surface area (Å²) >= 11 is 4.40. The van der Waals surface area contributed by atoms with E-state index in [-0.39, 0.29) is 5.24 Å². The van der Waals surface area contributed by atoms with Crippen molar-refractivity contribution < 1.29 is 19.1 Å². The first-order chi connectivity index (χ1) is 14.0. The van der Waals surface area contributed by atoms with Gasteiger partial charge in [-0.05, 0) is 67.8 Å². The zero-order valence-corrected chi connectivity index (χ0v) is 17.8. The summed E-state index contributed by atoms with van der Waals surface area (Å²) in [6, 6.07) is 17.9. The average Bonchev–Trinajstić information content (AvgIpc) is 3.03. The third-order valence-corrected chi connectivity index (χ3v) is 5.84. The number of thioether (sulfide) groups is 1. The Bertz CT molecular complexity index is 1150. The van der Waals surface area contributed by atoms with Crippen LogP contribution < -0.4 is 14.8 Å². The molecule has 5 nitrogen and oxygen atoms in total. The molecule has 1 heterocycles. The predicted molar refractivity (Wildman–Crippen MR) is 118 cm³/mol. The first-order valence-corrected chi connectivity index (χ1v) is 10.4. The van der Waals surface area contributed by atoms with Crippen molar-refractivity contribution in [1.29, 1.82) is 0 Å². The Morgan fingerprint density at radius 1 is 1.10 bits per heavy atom. The molecule has 1 aliphatic heterocycles. The number of hydrogen-bond donors (Lipinski definition) is 1. The van der Waals surface area contributed by atoms with E-state index in [4.69, 9.17) is 9.47 Å². The molecule has 0 bridgehead atoms. The highest BCUT2D eigenvalue weighted by molar-refractivity contribution is 9.10. The van der Waals surface area contributed by atoms with Gasteiger partial charge < -0.3 is 9.47 Å². The van der Waals surface area contributed by atoms with E-state index >= 15 is 0 Å². The standard InChI is InChI=1S/C22H16BrNO4S/c1-27-18-10-13(11-19-21(25)24-22(26)29-19)9-17(23)20(18)28-12-15-7-4-6-14-5-2-3-8-16(14)15/h2-11H,12H2,1H3,(H,24,25,26). The predicted octanol–water partition coefficient (Wildman–Crippen LogP) is 5.51. The number of nitrogens with one attached hydrogen (secondary N) is 1. The number of imide groups is 1. The normalized spacial score (nSPS) is 15.0. The first kappa shape index (κ1) is 19.5. The Morgan fingerprint density at radius 2 is 1.90 bits per heavy atom. The molecule has 3 aromatic carbocycles. The van der Waals surface area contributed by atoms with Crippen molar-refractivity contribution in [2.45, 2.75) is 6.61 Å². The molecule has 4 rings (SSSR count). The number of amides is 2. The number of ether oxygens (including phenoxy) is 2. The highest BCUT2D eigenvalue weighted by Crippen LogP contribution is 2.39. The van der Waals surface area contributed by atoms with Crippen LogP contribution in [0.4, 0.5) is 4.79 Å². The van der Waals surface area contributed by atoms with Gasteiger partial charge in [-0.15, -0.1) is 0 Å². The maximum atomic E-state index is 11.8. The Hall–Kier alpha value is -2.77. The molecule has 7 heteroatoms. The summed E-state index contributed by atoms with van der Waals surface area (Å²) in [6.45, 7) is 0.378. The summed E-state index contributed by atoms with van der Waals surface area (Å²) in [5.74, 6) is 0.703. The molecular weight excluding hydrogens is 454 g/mol. The maximum absolute atomic E-state index is 11.8. The van der Waals surface area contributed by atoms with E-state index in [9.17, 15) is 9.59 Å². The molecule has 0 atom stereocenters. The van der Waals surface area contributed by atoms with Gasteiger partial charge in [-0.1, -0.05) is 42.5 Å². The van der Waals surface area contributed by atoms with Crippen molar-refractivity contribution in [3.05, 3.63) is 75.1 Å². The molecule has 29 heavy (non-hydrogen) atoms. The van der Waals surface area contributed by atoms with Crippen molar-refractivity contribution >= 4 is 55.7 Å². The smallest absolute Gasteiger partial charge is 0.290 e. The number of hydrogen-bond acceptors (Lipinski definition) is 5. The topological polar surface area (TPSA) is 64.6 Å². The molecule has 1 N–H and O–H groups in total. The number of halogens is 1. The average molecular weight is 470 g/mol. The highest BCUT2D eigenvalue weighted by Gasteiger charge is 2.25. The van der Waals surface area contributed by atoms with Crippen LogP contribution in [0, 0.1) is 0 Å². The van der Waals surface area contributed by atoms with E-state index in [0.717, 1.165) is 33.7 Å². The van der Waals surface area contributed by atoms with Crippen LogP contribution in [0.2, 0.25) is 0 Å². The lowest BCUT2D eigenvalue weighted by Crippen LogP contribution is -2.17. The summed E-state index contributed by atoms with van der Waals surface area (Å²) in [6.07, 6.45) is 1.65. The van der Waals surface area contributed by atoms with E-state index < -0.39 is 5.91 Å². The van der Waals surface area contributed by atoms with Crippen molar-refractivity contribution in [2.75, 3.05) is 7.11 Å². The second-order valence-electron chi connectivity index (χ2n) is 6.31. The van der Waals surface area contributed by atoms with E-state index in [0.29, 0.717) is 27.5 Å². The van der Waals surface area contributed by atoms with Crippen LogP contribution in [-0.2, 0) is 11.4 Å². The zero-order valence-electron chi connectivity index (χ0n) is 15.4. The van der Waals surface area contributed by atoms with Gasteiger partial charge >= 0.3 is 0 Å². The lowest BCUT2D eigenvalue weighted by Gasteiger charge is -2.15. The molecule has 0 unspecified atom stereocenters. The number of carbonyl (C=O) groups excluding carboxylic acids is 2. The minimum Gasteiger partial charge on any atom is -0.493 e. The molecule has 146 valence electrons. The quantitative estimate of drug-likeness (QED) is 0.498. The van der Waals surface area contributed by atoms with Crippen molar-refractivity contribution in [3.63, 3.8) is 0 Å². The zero-order chi connectivity index (χ0) is 20.4. The van der Waals surface area contributed by atoms with Crippen LogP contribution in [0.25, 0.3) is 16.8 Å². The van der Waals surface area contributed by atoms with Crippen LogP contribution in [0.5, 0.6) is 11.5 Å². The van der Waals surface area contributed by atoms with Gasteiger partial charge in [-0.2, -0.15) is 0 Å². The van der Waals surface area contributed by atoms with Crippen LogP contribution >= 0.6 is 27.7 Å². The second-order valence-corrected chi connectivity index (χ2v) is 8.18. The largest absolute Gasteiger partial charge is 0.493 e. The Kier molecular flexibility index (Phi) is 5.60. The summed E-state index contributed by atoms with van der Waals surface area (Å²) in [4.78, 5) is 23.5. The molecular formula is C22H16BrNO4S. The molecule has 0 aromatic heterocycles. The van der Waals surface area contributed by atoms with Gasteiger partial charge in [0.15, 0.2) is 11.5 Å². The van der Waals surface area contributed by atoms with Crippen LogP contribution in [0.1, 0.15) is 11.1 Å². The highest BCUT2D eigenvalue weighted by atomic mass is 79.9. The lowest BCUT2D eigenvalue weighted by atomic mass is 10.1. The molecule has 2 amide bonds. The Balaban J connectivity index is 1.62. The van der Waals surface area contributed by atoms with Gasteiger partial charge in [0, 0.05) is 0 Å². The molecule has 1 fully saturated rings. The van der Waals surface area contributed by atoms with Crippen molar-refractivity contribution in [1.82, 2.24) is 5.32 Å². The Labute approximate surface area is 180 Å². The summed E-state index contributed by atoms with van der Waals surface area (Å²) < 4.78 is 12.3. The number of benzene rings is 3. The van der Waals surface area contributed by atoms with Crippen LogP contribution in [-0.4, -0.2) is 18.3 Å². The number of methoxy groups -OCH3 is 1. The first-order valence-electron chi connectivity index (χ1n) is 8.77. The van der Waals surface area contributed by atoms with E-state index in [1.807, 2.05) is 30.3 Å². The minimum absolute atomic E-state index is 0.341. The molecule has 1 saturated heterocycles. The van der Waals surface area contributed by atoms with Gasteiger partial charge in [-0.3, -0.25) is 14.9 Å². The van der Waals surface area contributed by atoms with Gasteiger partial charge in [0.25, 0.3) is 11.1 Å². The molecule has 0 aliphatic carbocycles.